The van der Waals surface area contributed by atoms with Gasteiger partial charge >= 0.3 is 0 Å². The molecule has 2 rings (SSSR count). The lowest BCUT2D eigenvalue weighted by molar-refractivity contribution is -0.128. The molecule has 1 aliphatic heterocycles. The molecular formula is C11H10N2O3S. The summed E-state index contributed by atoms with van der Waals surface area (Å²) in [6.45, 7) is 2.21. The van der Waals surface area contributed by atoms with Gasteiger partial charge in [-0.15, -0.1) is 0 Å². The topological polar surface area (TPSA) is 62.6 Å². The smallest absolute Gasteiger partial charge is 0.265 e. The van der Waals surface area contributed by atoms with Crippen LogP contribution in [-0.2, 0) is 9.59 Å². The zero-order valence-corrected chi connectivity index (χ0v) is 9.91. The van der Waals surface area contributed by atoms with E-state index in [0.717, 1.165) is 0 Å². The van der Waals surface area contributed by atoms with E-state index in [2.05, 4.69) is 5.32 Å². The van der Waals surface area contributed by atoms with Crippen LogP contribution in [0.1, 0.15) is 12.5 Å². The highest BCUT2D eigenvalue weighted by Gasteiger charge is 2.32. The average molecular weight is 250 g/mol. The Labute approximate surface area is 103 Å². The third kappa shape index (κ3) is 2.12. The fourth-order valence-corrected chi connectivity index (χ4v) is 1.81. The highest BCUT2D eigenvalue weighted by atomic mass is 32.1. The zero-order valence-electron chi connectivity index (χ0n) is 9.10. The summed E-state index contributed by atoms with van der Waals surface area (Å²) in [6.07, 6.45) is 4.40. The van der Waals surface area contributed by atoms with E-state index >= 15 is 0 Å². The quantitative estimate of drug-likeness (QED) is 0.482. The average Bonchev–Trinajstić information content (AvgIpc) is 2.77. The van der Waals surface area contributed by atoms with E-state index in [4.69, 9.17) is 16.6 Å². The molecule has 0 spiro atoms. The van der Waals surface area contributed by atoms with Crippen molar-refractivity contribution in [2.24, 2.45) is 0 Å². The molecule has 1 aromatic rings. The Morgan fingerprint density at radius 3 is 2.88 bits per heavy atom. The molecule has 17 heavy (non-hydrogen) atoms. The fourth-order valence-electron chi connectivity index (χ4n) is 1.50. The zero-order chi connectivity index (χ0) is 12.4. The number of nitrogens with zero attached hydrogens (tertiary/aromatic N) is 1. The van der Waals surface area contributed by atoms with Gasteiger partial charge in [0.05, 0.1) is 12.5 Å². The fraction of sp³-hybridized carbons (Fsp3) is 0.182. The van der Waals surface area contributed by atoms with Gasteiger partial charge in [-0.3, -0.25) is 19.8 Å². The van der Waals surface area contributed by atoms with E-state index in [1.807, 2.05) is 0 Å². The van der Waals surface area contributed by atoms with Crippen LogP contribution in [0.3, 0.4) is 0 Å². The summed E-state index contributed by atoms with van der Waals surface area (Å²) in [5.41, 5.74) is 0.717. The molecule has 0 aromatic carbocycles. The first-order chi connectivity index (χ1) is 8.13. The predicted molar refractivity (Wildman–Crippen MR) is 64.8 cm³/mol. The molecule has 0 saturated carbocycles. The number of thiocarbonyl (C=S) groups is 1. The van der Waals surface area contributed by atoms with Crippen LogP contribution in [0.15, 0.2) is 28.6 Å². The number of amides is 2. The molecule has 6 heteroatoms. The van der Waals surface area contributed by atoms with Crippen molar-refractivity contribution < 1.29 is 14.0 Å². The molecule has 1 aromatic heterocycles. The number of furan rings is 1. The second kappa shape index (κ2) is 4.50. The summed E-state index contributed by atoms with van der Waals surface area (Å²) in [5, 5.41) is 2.62. The second-order valence-corrected chi connectivity index (χ2v) is 3.81. The van der Waals surface area contributed by atoms with Crippen molar-refractivity contribution in [2.45, 2.75) is 6.92 Å². The Kier molecular flexibility index (Phi) is 3.06. The van der Waals surface area contributed by atoms with Crippen LogP contribution in [0.25, 0.3) is 6.08 Å². The summed E-state index contributed by atoms with van der Waals surface area (Å²) < 4.78 is 4.87. The van der Waals surface area contributed by atoms with Crippen molar-refractivity contribution in [3.8, 4) is 0 Å². The summed E-state index contributed by atoms with van der Waals surface area (Å²) in [5.74, 6) is -0.867. The number of hydrogen-bond acceptors (Lipinski definition) is 4. The van der Waals surface area contributed by atoms with Crippen molar-refractivity contribution in [3.05, 3.63) is 29.7 Å². The highest BCUT2D eigenvalue weighted by molar-refractivity contribution is 7.80. The van der Waals surface area contributed by atoms with Gasteiger partial charge in [-0.1, -0.05) is 0 Å². The minimum absolute atomic E-state index is 0.0573. The molecule has 0 radical (unpaired) electrons. The van der Waals surface area contributed by atoms with Crippen molar-refractivity contribution >= 4 is 35.2 Å². The van der Waals surface area contributed by atoms with Gasteiger partial charge in [0.25, 0.3) is 11.8 Å². The maximum atomic E-state index is 12.0. The monoisotopic (exact) mass is 250 g/mol. The van der Waals surface area contributed by atoms with Crippen LogP contribution in [0.2, 0.25) is 0 Å². The van der Waals surface area contributed by atoms with E-state index in [1.165, 1.54) is 23.5 Å². The molecule has 0 atom stereocenters. The van der Waals surface area contributed by atoms with Crippen LogP contribution in [0, 0.1) is 0 Å². The van der Waals surface area contributed by atoms with E-state index < -0.39 is 5.91 Å². The predicted octanol–water partition coefficient (Wildman–Crippen LogP) is 0.926. The Morgan fingerprint density at radius 2 is 2.29 bits per heavy atom. The van der Waals surface area contributed by atoms with E-state index in [-0.39, 0.29) is 16.6 Å². The van der Waals surface area contributed by atoms with Gasteiger partial charge < -0.3 is 4.42 Å². The van der Waals surface area contributed by atoms with Crippen molar-refractivity contribution in [1.82, 2.24) is 10.2 Å². The Bertz CT molecular complexity index is 505. The molecule has 88 valence electrons. The number of nitrogens with one attached hydrogen (secondary N) is 1. The minimum Gasteiger partial charge on any atom is -0.472 e. The SMILES string of the molecule is CCN1C(=O)/C(=C/c2ccoc2)C(=O)NC1=S. The van der Waals surface area contributed by atoms with Gasteiger partial charge in [0.1, 0.15) is 5.57 Å². The largest absolute Gasteiger partial charge is 0.472 e. The summed E-state index contributed by atoms with van der Waals surface area (Å²) in [4.78, 5) is 25.0. The van der Waals surface area contributed by atoms with Gasteiger partial charge in [0, 0.05) is 12.1 Å². The number of carbonyl (C=O) groups is 2. The Hall–Kier alpha value is -1.95. The molecule has 0 unspecified atom stereocenters. The van der Waals surface area contributed by atoms with Gasteiger partial charge in [-0.2, -0.15) is 0 Å². The molecule has 2 heterocycles. The summed E-state index contributed by atoms with van der Waals surface area (Å²) in [7, 11) is 0. The van der Waals surface area contributed by atoms with Gasteiger partial charge in [-0.05, 0) is 31.3 Å². The summed E-state index contributed by atoms with van der Waals surface area (Å²) >= 11 is 4.91. The molecule has 0 bridgehead atoms. The lowest BCUT2D eigenvalue weighted by Crippen LogP contribution is -2.53. The summed E-state index contributed by atoms with van der Waals surface area (Å²) in [6, 6.07) is 1.66. The maximum absolute atomic E-state index is 12.0. The first kappa shape index (κ1) is 11.5. The molecule has 2 amide bonds. The van der Waals surface area contributed by atoms with Crippen molar-refractivity contribution in [3.63, 3.8) is 0 Å². The molecule has 1 fully saturated rings. The molecule has 1 aliphatic rings. The maximum Gasteiger partial charge on any atom is 0.265 e. The lowest BCUT2D eigenvalue weighted by Gasteiger charge is -2.27. The number of rotatable bonds is 2. The molecule has 1 N–H and O–H groups in total. The molecule has 5 nitrogen and oxygen atoms in total. The molecule has 0 aliphatic carbocycles. The van der Waals surface area contributed by atoms with Crippen LogP contribution in [-0.4, -0.2) is 28.4 Å². The number of likely N-dealkylation sites (N-methyl/N-ethyl adjacent to an activating group) is 1. The minimum atomic E-state index is -0.481. The van der Waals surface area contributed by atoms with Crippen LogP contribution >= 0.6 is 12.2 Å². The van der Waals surface area contributed by atoms with Gasteiger partial charge in [0.2, 0.25) is 0 Å². The normalized spacial score (nSPS) is 18.8. The second-order valence-electron chi connectivity index (χ2n) is 3.42. The number of hydrogen-bond donors (Lipinski definition) is 1. The first-order valence-corrected chi connectivity index (χ1v) is 5.45. The van der Waals surface area contributed by atoms with Crippen LogP contribution in [0.4, 0.5) is 0 Å². The molecule has 1 saturated heterocycles. The highest BCUT2D eigenvalue weighted by Crippen LogP contribution is 2.14. The number of carbonyl (C=O) groups excluding carboxylic acids is 2. The van der Waals surface area contributed by atoms with Crippen LogP contribution < -0.4 is 5.32 Å². The van der Waals surface area contributed by atoms with E-state index in [0.29, 0.717) is 12.1 Å². The van der Waals surface area contributed by atoms with Gasteiger partial charge in [0.15, 0.2) is 5.11 Å². The Morgan fingerprint density at radius 1 is 1.53 bits per heavy atom. The lowest BCUT2D eigenvalue weighted by atomic mass is 10.1. The van der Waals surface area contributed by atoms with Crippen LogP contribution in [0.5, 0.6) is 0 Å². The third-order valence-corrected chi connectivity index (χ3v) is 2.68. The van der Waals surface area contributed by atoms with Gasteiger partial charge in [-0.25, -0.2) is 0 Å². The molecular weight excluding hydrogens is 240 g/mol. The standard InChI is InChI=1S/C11H10N2O3S/c1-2-13-10(15)8(9(14)12-11(13)17)5-7-3-4-16-6-7/h3-6H,2H2,1H3,(H,12,14,17)/b8-5+. The third-order valence-electron chi connectivity index (χ3n) is 2.36. The van der Waals surface area contributed by atoms with Crippen molar-refractivity contribution in [2.75, 3.05) is 6.54 Å². The Balaban J connectivity index is 2.36. The first-order valence-electron chi connectivity index (χ1n) is 5.04. The van der Waals surface area contributed by atoms with E-state index in [1.54, 1.807) is 13.0 Å². The van der Waals surface area contributed by atoms with Crippen molar-refractivity contribution in [1.29, 1.82) is 0 Å². The van der Waals surface area contributed by atoms with E-state index in [9.17, 15) is 9.59 Å².